The number of hydrogen-bond donors (Lipinski definition) is 1. The van der Waals surface area contributed by atoms with Crippen LogP contribution in [-0.4, -0.2) is 10.5 Å². The third kappa shape index (κ3) is 2.70. The lowest BCUT2D eigenvalue weighted by molar-refractivity contribution is 0.102. The fourth-order valence-electron chi connectivity index (χ4n) is 2.13. The quantitative estimate of drug-likeness (QED) is 0.916. The number of rotatable bonds is 2. The van der Waals surface area contributed by atoms with E-state index in [9.17, 15) is 9.59 Å². The van der Waals surface area contributed by atoms with Gasteiger partial charge in [-0.15, -0.1) is 0 Å². The summed E-state index contributed by atoms with van der Waals surface area (Å²) < 4.78 is 1.43. The minimum absolute atomic E-state index is 0.0934. The second kappa shape index (κ2) is 5.63. The average molecular weight is 281 g/mol. The van der Waals surface area contributed by atoms with Crippen molar-refractivity contribution in [2.24, 2.45) is 7.05 Å². The van der Waals surface area contributed by atoms with Crippen LogP contribution in [0.25, 0.3) is 0 Å². The molecule has 1 N–H and O–H groups in total. The van der Waals surface area contributed by atoms with Crippen molar-refractivity contribution in [1.82, 2.24) is 4.57 Å². The number of carbonyl (C=O) groups excluding carboxylic acids is 1. The normalized spacial score (nSPS) is 10.0. The van der Waals surface area contributed by atoms with Crippen molar-refractivity contribution >= 4 is 11.6 Å². The molecule has 0 radical (unpaired) electrons. The van der Waals surface area contributed by atoms with Crippen LogP contribution in [0.3, 0.4) is 0 Å². The fourth-order valence-corrected chi connectivity index (χ4v) is 2.13. The molecule has 1 heterocycles. The zero-order valence-electron chi connectivity index (χ0n) is 12.1. The highest BCUT2D eigenvalue weighted by atomic mass is 16.2. The summed E-state index contributed by atoms with van der Waals surface area (Å²) >= 11 is 0. The van der Waals surface area contributed by atoms with Crippen LogP contribution in [0, 0.1) is 25.2 Å². The Morgan fingerprint density at radius 2 is 1.95 bits per heavy atom. The van der Waals surface area contributed by atoms with E-state index in [1.165, 1.54) is 4.57 Å². The molecule has 0 bridgehead atoms. The molecule has 0 aliphatic carbocycles. The van der Waals surface area contributed by atoms with Crippen molar-refractivity contribution in [3.05, 3.63) is 63.1 Å². The van der Waals surface area contributed by atoms with Gasteiger partial charge in [0.2, 0.25) is 0 Å². The number of aromatic nitrogens is 1. The summed E-state index contributed by atoms with van der Waals surface area (Å²) in [5.41, 5.74) is 1.89. The predicted molar refractivity (Wildman–Crippen MR) is 80.3 cm³/mol. The minimum Gasteiger partial charge on any atom is -0.321 e. The summed E-state index contributed by atoms with van der Waals surface area (Å²) in [4.78, 5) is 24.6. The number of nitriles is 1. The SMILES string of the molecule is Cc1cc(C)n(C)c(=O)c1C(=O)Nc1ccccc1C#N. The summed E-state index contributed by atoms with van der Waals surface area (Å²) in [7, 11) is 1.62. The lowest BCUT2D eigenvalue weighted by atomic mass is 10.1. The first-order chi connectivity index (χ1) is 9.95. The van der Waals surface area contributed by atoms with Crippen LogP contribution in [0.15, 0.2) is 35.1 Å². The Morgan fingerprint density at radius 3 is 2.62 bits per heavy atom. The molecule has 0 atom stereocenters. The van der Waals surface area contributed by atoms with Gasteiger partial charge in [-0.25, -0.2) is 0 Å². The number of para-hydroxylation sites is 1. The standard InChI is InChI=1S/C16H15N3O2/c1-10-8-11(2)19(3)16(21)14(10)15(20)18-13-7-5-4-6-12(13)9-17/h4-8H,1-3H3,(H,18,20). The third-order valence-electron chi connectivity index (χ3n) is 3.39. The minimum atomic E-state index is -0.504. The Hall–Kier alpha value is -2.87. The molecule has 0 spiro atoms. The van der Waals surface area contributed by atoms with Gasteiger partial charge < -0.3 is 9.88 Å². The Kier molecular flexibility index (Phi) is 3.90. The Balaban J connectivity index is 2.45. The molecule has 0 aliphatic rings. The first-order valence-corrected chi connectivity index (χ1v) is 6.43. The van der Waals surface area contributed by atoms with Gasteiger partial charge in [-0.05, 0) is 37.6 Å². The van der Waals surface area contributed by atoms with Gasteiger partial charge >= 0.3 is 0 Å². The van der Waals surface area contributed by atoms with E-state index >= 15 is 0 Å². The highest BCUT2D eigenvalue weighted by Gasteiger charge is 2.17. The summed E-state index contributed by atoms with van der Waals surface area (Å²) in [5, 5.41) is 11.7. The summed E-state index contributed by atoms with van der Waals surface area (Å²) in [5.74, 6) is -0.504. The maximum atomic E-state index is 12.4. The number of pyridine rings is 1. The number of nitrogens with zero attached hydrogens (tertiary/aromatic N) is 2. The molecule has 1 amide bonds. The topological polar surface area (TPSA) is 74.9 Å². The number of hydrogen-bond acceptors (Lipinski definition) is 3. The molecule has 1 aromatic heterocycles. The lowest BCUT2D eigenvalue weighted by Crippen LogP contribution is -2.30. The van der Waals surface area contributed by atoms with Crippen LogP contribution in [0.2, 0.25) is 0 Å². The molecular weight excluding hydrogens is 266 g/mol. The number of amides is 1. The van der Waals surface area contributed by atoms with Crippen molar-refractivity contribution in [2.75, 3.05) is 5.32 Å². The van der Waals surface area contributed by atoms with Gasteiger partial charge in [0.15, 0.2) is 0 Å². The van der Waals surface area contributed by atoms with Crippen molar-refractivity contribution in [1.29, 1.82) is 5.26 Å². The first-order valence-electron chi connectivity index (χ1n) is 6.43. The van der Waals surface area contributed by atoms with Crippen LogP contribution in [0.4, 0.5) is 5.69 Å². The third-order valence-corrected chi connectivity index (χ3v) is 3.39. The summed E-state index contributed by atoms with van der Waals surface area (Å²) in [6.45, 7) is 3.53. The van der Waals surface area contributed by atoms with Crippen molar-refractivity contribution in [3.63, 3.8) is 0 Å². The van der Waals surface area contributed by atoms with Crippen molar-refractivity contribution in [2.45, 2.75) is 13.8 Å². The van der Waals surface area contributed by atoms with E-state index in [1.807, 2.05) is 6.07 Å². The van der Waals surface area contributed by atoms with E-state index in [2.05, 4.69) is 5.32 Å². The molecule has 2 aromatic rings. The van der Waals surface area contributed by atoms with Crippen LogP contribution in [0.5, 0.6) is 0 Å². The van der Waals surface area contributed by atoms with E-state index in [0.29, 0.717) is 16.8 Å². The number of anilines is 1. The predicted octanol–water partition coefficient (Wildman–Crippen LogP) is 2.13. The number of carbonyl (C=O) groups is 1. The summed E-state index contributed by atoms with van der Waals surface area (Å²) in [6, 6.07) is 10.5. The molecule has 5 nitrogen and oxygen atoms in total. The van der Waals surface area contributed by atoms with E-state index in [4.69, 9.17) is 5.26 Å². The van der Waals surface area contributed by atoms with Crippen molar-refractivity contribution in [3.8, 4) is 6.07 Å². The molecule has 0 aliphatic heterocycles. The van der Waals surface area contributed by atoms with E-state index in [1.54, 1.807) is 51.2 Å². The second-order valence-electron chi connectivity index (χ2n) is 4.82. The molecule has 21 heavy (non-hydrogen) atoms. The monoisotopic (exact) mass is 281 g/mol. The van der Waals surface area contributed by atoms with Crippen LogP contribution >= 0.6 is 0 Å². The van der Waals surface area contributed by atoms with Crippen LogP contribution < -0.4 is 10.9 Å². The molecule has 0 fully saturated rings. The maximum Gasteiger partial charge on any atom is 0.263 e. The second-order valence-corrected chi connectivity index (χ2v) is 4.82. The Morgan fingerprint density at radius 1 is 1.29 bits per heavy atom. The molecular formula is C16H15N3O2. The number of nitrogens with one attached hydrogen (secondary N) is 1. The molecule has 0 unspecified atom stereocenters. The number of benzene rings is 1. The smallest absolute Gasteiger partial charge is 0.263 e. The van der Waals surface area contributed by atoms with Gasteiger partial charge in [-0.3, -0.25) is 9.59 Å². The Labute approximate surface area is 122 Å². The molecule has 0 saturated heterocycles. The van der Waals surface area contributed by atoms with Gasteiger partial charge in [0.1, 0.15) is 11.6 Å². The van der Waals surface area contributed by atoms with Crippen LogP contribution in [-0.2, 0) is 7.05 Å². The molecule has 5 heteroatoms. The average Bonchev–Trinajstić information content (AvgIpc) is 2.45. The van der Waals surface area contributed by atoms with E-state index in [0.717, 1.165) is 5.69 Å². The molecule has 106 valence electrons. The van der Waals surface area contributed by atoms with Gasteiger partial charge in [0.25, 0.3) is 11.5 Å². The molecule has 2 rings (SSSR count). The zero-order valence-corrected chi connectivity index (χ0v) is 12.1. The van der Waals surface area contributed by atoms with Crippen molar-refractivity contribution < 1.29 is 4.79 Å². The summed E-state index contributed by atoms with van der Waals surface area (Å²) in [6.07, 6.45) is 0. The molecule has 1 aromatic carbocycles. The van der Waals surface area contributed by atoms with E-state index in [-0.39, 0.29) is 11.1 Å². The maximum absolute atomic E-state index is 12.4. The van der Waals surface area contributed by atoms with E-state index < -0.39 is 5.91 Å². The van der Waals surface area contributed by atoms with Crippen LogP contribution in [0.1, 0.15) is 27.2 Å². The van der Waals surface area contributed by atoms with Gasteiger partial charge in [-0.2, -0.15) is 5.26 Å². The number of aryl methyl sites for hydroxylation is 2. The fraction of sp³-hybridized carbons (Fsp3) is 0.188. The molecule has 0 saturated carbocycles. The first kappa shape index (κ1) is 14.5. The largest absolute Gasteiger partial charge is 0.321 e. The zero-order chi connectivity index (χ0) is 15.6. The van der Waals surface area contributed by atoms with Gasteiger partial charge in [-0.1, -0.05) is 12.1 Å². The van der Waals surface area contributed by atoms with Gasteiger partial charge in [0.05, 0.1) is 11.3 Å². The highest BCUT2D eigenvalue weighted by Crippen LogP contribution is 2.15. The lowest BCUT2D eigenvalue weighted by Gasteiger charge is -2.11. The Bertz CT molecular complexity index is 813. The highest BCUT2D eigenvalue weighted by molar-refractivity contribution is 6.05. The van der Waals surface area contributed by atoms with Gasteiger partial charge in [0, 0.05) is 12.7 Å².